The predicted octanol–water partition coefficient (Wildman–Crippen LogP) is 0.380. The molecule has 1 amide bonds. The molecule has 1 unspecified atom stereocenters. The number of likely N-dealkylation sites (tertiary alicyclic amines) is 1. The summed E-state index contributed by atoms with van der Waals surface area (Å²) in [7, 11) is -3.41. The maximum atomic E-state index is 11.9. The molecule has 0 saturated carbocycles. The minimum absolute atomic E-state index is 0.0250. The highest BCUT2D eigenvalue weighted by atomic mass is 32.2. The maximum Gasteiger partial charge on any atom is 0.311 e. The summed E-state index contributed by atoms with van der Waals surface area (Å²) in [5.41, 5.74) is -0.961. The predicted molar refractivity (Wildman–Crippen MR) is 70.4 cm³/mol. The van der Waals surface area contributed by atoms with Crippen LogP contribution in [0.5, 0.6) is 0 Å². The molecule has 0 radical (unpaired) electrons. The summed E-state index contributed by atoms with van der Waals surface area (Å²) in [6.45, 7) is 5.52. The van der Waals surface area contributed by atoms with E-state index in [1.807, 2.05) is 0 Å². The Kier molecular flexibility index (Phi) is 4.60. The minimum Gasteiger partial charge on any atom is -0.481 e. The van der Waals surface area contributed by atoms with Crippen LogP contribution in [0.25, 0.3) is 0 Å². The molecule has 0 aromatic heterocycles. The van der Waals surface area contributed by atoms with E-state index in [4.69, 9.17) is 5.11 Å². The van der Waals surface area contributed by atoms with Crippen molar-refractivity contribution < 1.29 is 23.1 Å². The smallest absolute Gasteiger partial charge is 0.311 e. The first kappa shape index (κ1) is 15.9. The molecule has 7 heteroatoms. The van der Waals surface area contributed by atoms with Crippen molar-refractivity contribution in [2.75, 3.05) is 24.6 Å². The second-order valence-electron chi connectivity index (χ2n) is 5.88. The van der Waals surface area contributed by atoms with Crippen LogP contribution >= 0.6 is 0 Å². The van der Waals surface area contributed by atoms with Gasteiger partial charge in [-0.1, -0.05) is 13.8 Å². The normalized spacial score (nSPS) is 23.9. The molecule has 1 saturated heterocycles. The Labute approximate surface area is 113 Å². The maximum absolute atomic E-state index is 11.9. The highest BCUT2D eigenvalue weighted by molar-refractivity contribution is 7.92. The monoisotopic (exact) mass is 291 g/mol. The Morgan fingerprint density at radius 3 is 2.37 bits per heavy atom. The Morgan fingerprint density at radius 2 is 1.95 bits per heavy atom. The summed E-state index contributed by atoms with van der Waals surface area (Å²) < 4.78 is 23.5. The van der Waals surface area contributed by atoms with Crippen LogP contribution in [0, 0.1) is 11.3 Å². The molecule has 1 atom stereocenters. The van der Waals surface area contributed by atoms with Crippen LogP contribution in [0.4, 0.5) is 0 Å². The van der Waals surface area contributed by atoms with Gasteiger partial charge in [-0.3, -0.25) is 9.59 Å². The van der Waals surface area contributed by atoms with Crippen molar-refractivity contribution in [2.24, 2.45) is 11.3 Å². The molecule has 6 nitrogen and oxygen atoms in total. The Bertz CT molecular complexity index is 471. The first-order chi connectivity index (χ1) is 8.56. The average Bonchev–Trinajstić information content (AvgIpc) is 2.59. The molecule has 19 heavy (non-hydrogen) atoms. The number of hydrogen-bond donors (Lipinski definition) is 1. The second-order valence-corrected chi connectivity index (χ2v) is 7.99. The molecule has 110 valence electrons. The number of carboxylic acid groups (broad SMARTS) is 1. The number of aliphatic carboxylic acids is 1. The highest BCUT2D eigenvalue weighted by Gasteiger charge is 2.42. The van der Waals surface area contributed by atoms with Crippen LogP contribution in [-0.2, 0) is 19.4 Å². The van der Waals surface area contributed by atoms with E-state index >= 15 is 0 Å². The summed E-state index contributed by atoms with van der Waals surface area (Å²) in [5, 5.41) is 9.07. The van der Waals surface area contributed by atoms with E-state index in [9.17, 15) is 18.0 Å². The molecular weight excluding hydrogens is 270 g/mol. The van der Waals surface area contributed by atoms with E-state index in [1.54, 1.807) is 20.8 Å². The van der Waals surface area contributed by atoms with E-state index in [2.05, 4.69) is 0 Å². The summed E-state index contributed by atoms with van der Waals surface area (Å²) in [5.74, 6) is -2.02. The van der Waals surface area contributed by atoms with Gasteiger partial charge in [0.25, 0.3) is 0 Å². The minimum atomic E-state index is -3.41. The van der Waals surface area contributed by atoms with Crippen molar-refractivity contribution >= 4 is 21.7 Å². The summed E-state index contributed by atoms with van der Waals surface area (Å²) in [6, 6.07) is 0. The third kappa shape index (κ3) is 4.19. The van der Waals surface area contributed by atoms with Gasteiger partial charge in [0.15, 0.2) is 9.84 Å². The fourth-order valence-corrected chi connectivity index (χ4v) is 3.89. The quantitative estimate of drug-likeness (QED) is 0.790. The van der Waals surface area contributed by atoms with Crippen LogP contribution in [0.15, 0.2) is 0 Å². The second kappa shape index (κ2) is 5.48. The van der Waals surface area contributed by atoms with Crippen LogP contribution in [0.1, 0.15) is 27.2 Å². The molecule has 0 bridgehead atoms. The molecule has 0 aromatic rings. The molecule has 0 aliphatic carbocycles. The van der Waals surface area contributed by atoms with Crippen molar-refractivity contribution in [3.05, 3.63) is 0 Å². The summed E-state index contributed by atoms with van der Waals surface area (Å²) in [6.07, 6.45) is 0.359. The van der Waals surface area contributed by atoms with Gasteiger partial charge in [-0.25, -0.2) is 8.42 Å². The Balaban J connectivity index is 2.65. The number of rotatable bonds is 5. The van der Waals surface area contributed by atoms with Crippen molar-refractivity contribution in [3.63, 3.8) is 0 Å². The zero-order valence-electron chi connectivity index (χ0n) is 11.5. The average molecular weight is 291 g/mol. The number of carbonyl (C=O) groups excluding carboxylic acids is 1. The largest absolute Gasteiger partial charge is 0.481 e. The molecule has 1 heterocycles. The Hall–Kier alpha value is -1.11. The van der Waals surface area contributed by atoms with Gasteiger partial charge in [-0.15, -0.1) is 0 Å². The van der Waals surface area contributed by atoms with Crippen molar-refractivity contribution in [3.8, 4) is 0 Å². The fourth-order valence-electron chi connectivity index (χ4n) is 2.19. The van der Waals surface area contributed by atoms with Gasteiger partial charge >= 0.3 is 5.97 Å². The van der Waals surface area contributed by atoms with Gasteiger partial charge in [-0.05, 0) is 19.3 Å². The molecular formula is C12H21NO5S. The first-order valence-corrected chi connectivity index (χ1v) is 8.09. The molecule has 1 fully saturated rings. The van der Waals surface area contributed by atoms with E-state index in [0.29, 0.717) is 13.0 Å². The lowest BCUT2D eigenvalue weighted by Gasteiger charge is -2.20. The molecule has 1 aliphatic rings. The van der Waals surface area contributed by atoms with E-state index in [-0.39, 0.29) is 18.2 Å². The van der Waals surface area contributed by atoms with E-state index < -0.39 is 32.9 Å². The first-order valence-electron chi connectivity index (χ1n) is 6.27. The fraction of sp³-hybridized carbons (Fsp3) is 0.833. The number of carboxylic acids is 1. The SMILES string of the molecule is CC(C)CS(=O)(=O)CC(=O)N1CCC(C)(C(=O)O)C1. The zero-order valence-corrected chi connectivity index (χ0v) is 12.4. The van der Waals surface area contributed by atoms with Gasteiger partial charge in [0.05, 0.1) is 11.2 Å². The number of sulfone groups is 1. The zero-order chi connectivity index (χ0) is 14.8. The van der Waals surface area contributed by atoms with Crippen LogP contribution in [-0.4, -0.2) is 54.9 Å². The lowest BCUT2D eigenvalue weighted by Crippen LogP contribution is -2.38. The number of amides is 1. The van der Waals surface area contributed by atoms with Gasteiger partial charge < -0.3 is 10.0 Å². The van der Waals surface area contributed by atoms with Gasteiger partial charge in [0.2, 0.25) is 5.91 Å². The standard InChI is InChI=1S/C12H21NO5S/c1-9(2)6-19(17,18)7-10(14)13-5-4-12(3,8-13)11(15)16/h9H,4-8H2,1-3H3,(H,15,16). The summed E-state index contributed by atoms with van der Waals surface area (Å²) >= 11 is 0. The molecule has 0 aromatic carbocycles. The highest BCUT2D eigenvalue weighted by Crippen LogP contribution is 2.30. The lowest BCUT2D eigenvalue weighted by molar-refractivity contribution is -0.147. The van der Waals surface area contributed by atoms with Crippen LogP contribution in [0.2, 0.25) is 0 Å². The molecule has 1 aliphatic heterocycles. The van der Waals surface area contributed by atoms with Crippen LogP contribution < -0.4 is 0 Å². The number of hydrogen-bond acceptors (Lipinski definition) is 4. The van der Waals surface area contributed by atoms with Crippen molar-refractivity contribution in [1.29, 1.82) is 0 Å². The van der Waals surface area contributed by atoms with Gasteiger partial charge in [-0.2, -0.15) is 0 Å². The molecule has 1 rings (SSSR count). The topological polar surface area (TPSA) is 91.8 Å². The third-order valence-corrected chi connectivity index (χ3v) is 5.13. The van der Waals surface area contributed by atoms with Crippen molar-refractivity contribution in [2.45, 2.75) is 27.2 Å². The molecule has 0 spiro atoms. The van der Waals surface area contributed by atoms with E-state index in [1.165, 1.54) is 4.90 Å². The molecule has 1 N–H and O–H groups in total. The number of nitrogens with zero attached hydrogens (tertiary/aromatic N) is 1. The Morgan fingerprint density at radius 1 is 1.37 bits per heavy atom. The van der Waals surface area contributed by atoms with Crippen molar-refractivity contribution in [1.82, 2.24) is 4.90 Å². The van der Waals surface area contributed by atoms with Gasteiger partial charge in [0.1, 0.15) is 5.75 Å². The van der Waals surface area contributed by atoms with E-state index in [0.717, 1.165) is 0 Å². The lowest BCUT2D eigenvalue weighted by atomic mass is 9.90. The summed E-state index contributed by atoms with van der Waals surface area (Å²) in [4.78, 5) is 24.3. The van der Waals surface area contributed by atoms with Crippen LogP contribution in [0.3, 0.4) is 0 Å². The third-order valence-electron chi connectivity index (χ3n) is 3.27. The number of carbonyl (C=O) groups is 2. The van der Waals surface area contributed by atoms with Gasteiger partial charge in [0, 0.05) is 13.1 Å².